The summed E-state index contributed by atoms with van der Waals surface area (Å²) < 4.78 is 0. The maximum absolute atomic E-state index is 2.46. The zero-order valence-corrected chi connectivity index (χ0v) is 27.7. The fraction of sp³-hybridized carbons (Fsp3) is 0.0612. The number of hydrogen-bond donors (Lipinski definition) is 0. The normalized spacial score (nSPS) is 13.3. The van der Waals surface area contributed by atoms with Gasteiger partial charge in [-0.25, -0.2) is 0 Å². The highest BCUT2D eigenvalue weighted by molar-refractivity contribution is 6.22. The van der Waals surface area contributed by atoms with Crippen molar-refractivity contribution in [3.63, 3.8) is 0 Å². The molecule has 0 spiro atoms. The molecular weight excluding hydrogens is 589 g/mol. The lowest BCUT2D eigenvalue weighted by Gasteiger charge is -2.22. The lowest BCUT2D eigenvalue weighted by atomic mass is 9.81. The van der Waals surface area contributed by atoms with E-state index in [0.29, 0.717) is 0 Å². The van der Waals surface area contributed by atoms with E-state index in [4.69, 9.17) is 0 Å². The fourth-order valence-corrected chi connectivity index (χ4v) is 8.57. The van der Waals surface area contributed by atoms with E-state index in [0.717, 1.165) is 0 Å². The van der Waals surface area contributed by atoms with E-state index >= 15 is 0 Å². The molecule has 0 bridgehead atoms. The van der Waals surface area contributed by atoms with E-state index in [1.54, 1.807) is 0 Å². The summed E-state index contributed by atoms with van der Waals surface area (Å²) in [6.07, 6.45) is 0. The van der Waals surface area contributed by atoms with Gasteiger partial charge < -0.3 is 0 Å². The van der Waals surface area contributed by atoms with E-state index in [-0.39, 0.29) is 5.41 Å². The van der Waals surface area contributed by atoms with Crippen molar-refractivity contribution in [3.05, 3.63) is 181 Å². The first-order chi connectivity index (χ1) is 24.0. The molecule has 9 aromatic carbocycles. The first-order valence-electron chi connectivity index (χ1n) is 17.3. The Morgan fingerprint density at radius 1 is 0.306 bits per heavy atom. The Labute approximate surface area is 286 Å². The standard InChI is InChI=1S/C49H34/c1-49(2)45-18-10-9-15-39(45)43-30-38(24-26-46(43)49)48-41-17-8-7-16-40(41)47(37-22-20-32-12-4-6-14-34(32)28-37)42-25-23-36(29-44(42)48)35-21-19-31-11-3-5-13-33(31)27-35/h3-30H,1-2H3. The third kappa shape index (κ3) is 4.24. The van der Waals surface area contributed by atoms with Crippen molar-refractivity contribution in [1.29, 1.82) is 0 Å². The Bertz CT molecular complexity index is 2800. The van der Waals surface area contributed by atoms with E-state index in [1.165, 1.54) is 98.7 Å². The van der Waals surface area contributed by atoms with E-state index < -0.39 is 0 Å². The van der Waals surface area contributed by atoms with Gasteiger partial charge in [0.15, 0.2) is 0 Å². The van der Waals surface area contributed by atoms with Crippen LogP contribution in [0.25, 0.3) is 87.6 Å². The van der Waals surface area contributed by atoms with Gasteiger partial charge in [-0.2, -0.15) is 0 Å². The molecule has 0 aliphatic heterocycles. The summed E-state index contributed by atoms with van der Waals surface area (Å²) >= 11 is 0. The topological polar surface area (TPSA) is 0 Å². The molecule has 0 radical (unpaired) electrons. The third-order valence-electron chi connectivity index (χ3n) is 11.0. The number of benzene rings is 9. The molecule has 0 amide bonds. The van der Waals surface area contributed by atoms with Crippen LogP contribution in [-0.4, -0.2) is 0 Å². The smallest absolute Gasteiger partial charge is 0.0158 e. The van der Waals surface area contributed by atoms with Crippen LogP contribution in [0.4, 0.5) is 0 Å². The van der Waals surface area contributed by atoms with Crippen LogP contribution in [0.15, 0.2) is 170 Å². The second-order valence-corrected chi connectivity index (χ2v) is 14.1. The average Bonchev–Trinajstić information content (AvgIpc) is 3.38. The molecule has 9 aromatic rings. The van der Waals surface area contributed by atoms with Crippen molar-refractivity contribution in [1.82, 2.24) is 0 Å². The maximum Gasteiger partial charge on any atom is 0.0158 e. The van der Waals surface area contributed by atoms with E-state index in [1.807, 2.05) is 0 Å². The first kappa shape index (κ1) is 28.1. The van der Waals surface area contributed by atoms with Gasteiger partial charge in [0.1, 0.15) is 0 Å². The predicted octanol–water partition coefficient (Wildman–Crippen LogP) is 13.6. The summed E-state index contributed by atoms with van der Waals surface area (Å²) in [4.78, 5) is 0. The van der Waals surface area contributed by atoms with Gasteiger partial charge in [0.2, 0.25) is 0 Å². The van der Waals surface area contributed by atoms with Gasteiger partial charge in [0.05, 0.1) is 0 Å². The molecule has 1 aliphatic carbocycles. The molecule has 0 unspecified atom stereocenters. The minimum atomic E-state index is -0.0300. The van der Waals surface area contributed by atoms with Gasteiger partial charge in [-0.3, -0.25) is 0 Å². The highest BCUT2D eigenvalue weighted by Crippen LogP contribution is 2.51. The second-order valence-electron chi connectivity index (χ2n) is 14.1. The molecule has 10 rings (SSSR count). The molecule has 0 heteroatoms. The van der Waals surface area contributed by atoms with Crippen molar-refractivity contribution in [2.75, 3.05) is 0 Å². The average molecular weight is 623 g/mol. The zero-order chi connectivity index (χ0) is 32.7. The molecular formula is C49H34. The number of rotatable bonds is 3. The van der Waals surface area contributed by atoms with Crippen LogP contribution >= 0.6 is 0 Å². The summed E-state index contributed by atoms with van der Waals surface area (Å²) in [5.74, 6) is 0. The van der Waals surface area contributed by atoms with Crippen molar-refractivity contribution < 1.29 is 0 Å². The lowest BCUT2D eigenvalue weighted by Crippen LogP contribution is -2.14. The van der Waals surface area contributed by atoms with Gasteiger partial charge in [0.25, 0.3) is 0 Å². The van der Waals surface area contributed by atoms with Crippen LogP contribution in [0.2, 0.25) is 0 Å². The summed E-state index contributed by atoms with van der Waals surface area (Å²) in [5, 5.41) is 10.1. The van der Waals surface area contributed by atoms with E-state index in [9.17, 15) is 0 Å². The molecule has 0 heterocycles. The molecule has 230 valence electrons. The molecule has 1 aliphatic rings. The number of fused-ring (bicyclic) bond motifs is 7. The predicted molar refractivity (Wildman–Crippen MR) is 210 cm³/mol. The lowest BCUT2D eigenvalue weighted by molar-refractivity contribution is 0.660. The summed E-state index contributed by atoms with van der Waals surface area (Å²) in [6, 6.07) is 63.4. The molecule has 0 nitrogen and oxygen atoms in total. The molecule has 0 saturated carbocycles. The minimum Gasteiger partial charge on any atom is -0.0619 e. The fourth-order valence-electron chi connectivity index (χ4n) is 8.57. The quantitative estimate of drug-likeness (QED) is 0.172. The van der Waals surface area contributed by atoms with Gasteiger partial charge in [-0.05, 0) is 123 Å². The van der Waals surface area contributed by atoms with Gasteiger partial charge in [0, 0.05) is 5.41 Å². The van der Waals surface area contributed by atoms with Crippen LogP contribution in [-0.2, 0) is 5.41 Å². The van der Waals surface area contributed by atoms with Crippen molar-refractivity contribution in [2.24, 2.45) is 0 Å². The Hall–Kier alpha value is -5.98. The van der Waals surface area contributed by atoms with Crippen molar-refractivity contribution in [3.8, 4) is 44.5 Å². The zero-order valence-electron chi connectivity index (χ0n) is 27.7. The van der Waals surface area contributed by atoms with Crippen LogP contribution < -0.4 is 0 Å². The largest absolute Gasteiger partial charge is 0.0619 e. The van der Waals surface area contributed by atoms with Gasteiger partial charge in [-0.1, -0.05) is 159 Å². The Morgan fingerprint density at radius 2 is 0.776 bits per heavy atom. The van der Waals surface area contributed by atoms with Gasteiger partial charge >= 0.3 is 0 Å². The molecule has 0 N–H and O–H groups in total. The van der Waals surface area contributed by atoms with E-state index in [2.05, 4.69) is 184 Å². The molecule has 0 atom stereocenters. The highest BCUT2D eigenvalue weighted by atomic mass is 14.4. The van der Waals surface area contributed by atoms with Crippen LogP contribution in [0.1, 0.15) is 25.0 Å². The van der Waals surface area contributed by atoms with Crippen LogP contribution in [0, 0.1) is 0 Å². The van der Waals surface area contributed by atoms with Crippen LogP contribution in [0.3, 0.4) is 0 Å². The van der Waals surface area contributed by atoms with Crippen molar-refractivity contribution in [2.45, 2.75) is 19.3 Å². The Morgan fingerprint density at radius 3 is 1.51 bits per heavy atom. The maximum atomic E-state index is 2.46. The third-order valence-corrected chi connectivity index (χ3v) is 11.0. The monoisotopic (exact) mass is 622 g/mol. The highest BCUT2D eigenvalue weighted by Gasteiger charge is 2.35. The molecule has 49 heavy (non-hydrogen) atoms. The first-order valence-corrected chi connectivity index (χ1v) is 17.3. The molecule has 0 aromatic heterocycles. The summed E-state index contributed by atoms with van der Waals surface area (Å²) in [5.41, 5.74) is 13.0. The van der Waals surface area contributed by atoms with Gasteiger partial charge in [-0.15, -0.1) is 0 Å². The molecule has 0 saturated heterocycles. The Kier molecular flexibility index (Phi) is 6.02. The van der Waals surface area contributed by atoms with Crippen LogP contribution in [0.5, 0.6) is 0 Å². The minimum absolute atomic E-state index is 0.0300. The molecule has 0 fully saturated rings. The summed E-state index contributed by atoms with van der Waals surface area (Å²) in [7, 11) is 0. The van der Waals surface area contributed by atoms with Crippen molar-refractivity contribution >= 4 is 43.1 Å². The second kappa shape index (κ2) is 10.5. The number of hydrogen-bond acceptors (Lipinski definition) is 0. The SMILES string of the molecule is CC1(C)c2ccccc2-c2cc(-c3c4ccccc4c(-c4ccc5ccccc5c4)c4ccc(-c5ccc6ccccc6c5)cc34)ccc21. The summed E-state index contributed by atoms with van der Waals surface area (Å²) in [6.45, 7) is 4.71. The Balaban J connectivity index is 1.30.